The maximum atomic E-state index is 12.2. The molecule has 4 heteroatoms. The van der Waals surface area contributed by atoms with E-state index in [1.807, 2.05) is 24.3 Å². The number of benzene rings is 2. The van der Waals surface area contributed by atoms with Gasteiger partial charge in [-0.1, -0.05) is 36.4 Å². The number of fused-ring (bicyclic) bond motifs is 3. The lowest BCUT2D eigenvalue weighted by Gasteiger charge is -2.29. The summed E-state index contributed by atoms with van der Waals surface area (Å²) in [5.74, 6) is 1.12. The maximum Gasteiger partial charge on any atom is 0.239 e. The third-order valence-electron chi connectivity index (χ3n) is 5.27. The SMILES string of the molecule is COc1ccc2c(c1)C1=NN(C(C)=O)[C@@H](Cc3ccccc3)[C@H]1CC2. The Morgan fingerprint density at radius 3 is 2.76 bits per heavy atom. The molecule has 4 rings (SSSR count). The van der Waals surface area contributed by atoms with Crippen LogP contribution in [-0.4, -0.2) is 29.8 Å². The molecular weight excluding hydrogens is 312 g/mol. The number of carbonyl (C=O) groups is 1. The van der Waals surface area contributed by atoms with Crippen molar-refractivity contribution >= 4 is 11.6 Å². The summed E-state index contributed by atoms with van der Waals surface area (Å²) in [5.41, 5.74) is 4.71. The summed E-state index contributed by atoms with van der Waals surface area (Å²) in [5, 5.41) is 6.44. The molecule has 2 aromatic carbocycles. The van der Waals surface area contributed by atoms with Gasteiger partial charge in [-0.3, -0.25) is 4.79 Å². The number of ether oxygens (including phenoxy) is 1. The van der Waals surface area contributed by atoms with E-state index in [0.29, 0.717) is 0 Å². The standard InChI is InChI=1S/C21H22N2O2/c1-14(24)23-20(12-15-6-4-3-5-7-15)18-11-9-16-8-10-17(25-2)13-19(16)21(18)22-23/h3-8,10,13,18,20H,9,11-12H2,1-2H3/t18-,20+/m1/s1. The van der Waals surface area contributed by atoms with E-state index in [9.17, 15) is 4.79 Å². The summed E-state index contributed by atoms with van der Waals surface area (Å²) in [6.07, 6.45) is 2.87. The van der Waals surface area contributed by atoms with Crippen molar-refractivity contribution in [2.24, 2.45) is 11.0 Å². The molecule has 0 fully saturated rings. The summed E-state index contributed by atoms with van der Waals surface area (Å²) in [6, 6.07) is 16.6. The van der Waals surface area contributed by atoms with Crippen LogP contribution in [-0.2, 0) is 17.6 Å². The molecule has 128 valence electrons. The van der Waals surface area contributed by atoms with Gasteiger partial charge in [0.2, 0.25) is 5.91 Å². The van der Waals surface area contributed by atoms with Gasteiger partial charge in [-0.25, -0.2) is 5.01 Å². The van der Waals surface area contributed by atoms with Crippen molar-refractivity contribution in [1.29, 1.82) is 0 Å². The number of rotatable bonds is 3. The Hall–Kier alpha value is -2.62. The molecule has 0 N–H and O–H groups in total. The summed E-state index contributed by atoms with van der Waals surface area (Å²) in [7, 11) is 1.68. The number of aryl methyl sites for hydroxylation is 1. The Kier molecular flexibility index (Phi) is 4.04. The van der Waals surface area contributed by atoms with Crippen LogP contribution in [0.2, 0.25) is 0 Å². The Bertz CT molecular complexity index is 829. The van der Waals surface area contributed by atoms with E-state index in [1.54, 1.807) is 19.0 Å². The average Bonchev–Trinajstić information content (AvgIpc) is 3.01. The quantitative estimate of drug-likeness (QED) is 0.863. The van der Waals surface area contributed by atoms with Gasteiger partial charge >= 0.3 is 0 Å². The minimum Gasteiger partial charge on any atom is -0.497 e. The smallest absolute Gasteiger partial charge is 0.239 e. The van der Waals surface area contributed by atoms with E-state index in [2.05, 4.69) is 24.3 Å². The number of nitrogens with zero attached hydrogens (tertiary/aromatic N) is 2. The maximum absolute atomic E-state index is 12.2. The fraction of sp³-hybridized carbons (Fsp3) is 0.333. The van der Waals surface area contributed by atoms with E-state index < -0.39 is 0 Å². The van der Waals surface area contributed by atoms with Gasteiger partial charge in [0.15, 0.2) is 0 Å². The van der Waals surface area contributed by atoms with Gasteiger partial charge in [0.05, 0.1) is 18.9 Å². The Balaban J connectivity index is 1.71. The molecule has 0 unspecified atom stereocenters. The highest BCUT2D eigenvalue weighted by atomic mass is 16.5. The minimum atomic E-state index is 0.00674. The predicted molar refractivity (Wildman–Crippen MR) is 97.8 cm³/mol. The second-order valence-corrected chi connectivity index (χ2v) is 6.77. The summed E-state index contributed by atoms with van der Waals surface area (Å²) in [6.45, 7) is 1.60. The number of hydrazone groups is 1. The molecule has 0 spiro atoms. The van der Waals surface area contributed by atoms with E-state index in [1.165, 1.54) is 11.1 Å². The van der Waals surface area contributed by atoms with E-state index >= 15 is 0 Å². The van der Waals surface area contributed by atoms with Crippen LogP contribution in [0.4, 0.5) is 0 Å². The molecule has 2 aromatic rings. The van der Waals surface area contributed by atoms with Crippen molar-refractivity contribution in [2.75, 3.05) is 7.11 Å². The number of amides is 1. The lowest BCUT2D eigenvalue weighted by molar-refractivity contribution is -0.131. The van der Waals surface area contributed by atoms with Crippen molar-refractivity contribution in [3.8, 4) is 5.75 Å². The van der Waals surface area contributed by atoms with Crippen LogP contribution >= 0.6 is 0 Å². The zero-order valence-corrected chi connectivity index (χ0v) is 14.6. The Morgan fingerprint density at radius 2 is 2.04 bits per heavy atom. The first kappa shape index (κ1) is 15.9. The summed E-state index contributed by atoms with van der Waals surface area (Å²) in [4.78, 5) is 12.2. The number of hydrogen-bond acceptors (Lipinski definition) is 3. The molecule has 0 saturated heterocycles. The van der Waals surface area contributed by atoms with Crippen LogP contribution in [0, 0.1) is 5.92 Å². The topological polar surface area (TPSA) is 41.9 Å². The molecule has 1 aliphatic heterocycles. The van der Waals surface area contributed by atoms with E-state index in [-0.39, 0.29) is 17.9 Å². The molecule has 1 aliphatic carbocycles. The second kappa shape index (κ2) is 6.36. The van der Waals surface area contributed by atoms with Gasteiger partial charge in [0, 0.05) is 18.4 Å². The monoisotopic (exact) mass is 334 g/mol. The molecule has 1 heterocycles. The normalized spacial score (nSPS) is 21.4. The van der Waals surface area contributed by atoms with Crippen molar-refractivity contribution in [3.05, 3.63) is 65.2 Å². The Morgan fingerprint density at radius 1 is 1.24 bits per heavy atom. The lowest BCUT2D eigenvalue weighted by atomic mass is 9.77. The van der Waals surface area contributed by atoms with Gasteiger partial charge in [-0.05, 0) is 42.5 Å². The lowest BCUT2D eigenvalue weighted by Crippen LogP contribution is -2.39. The molecular formula is C21H22N2O2. The summed E-state index contributed by atoms with van der Waals surface area (Å²) >= 11 is 0. The number of hydrogen-bond donors (Lipinski definition) is 0. The fourth-order valence-corrected chi connectivity index (χ4v) is 4.04. The number of carbonyl (C=O) groups excluding carboxylic acids is 1. The van der Waals surface area contributed by atoms with Crippen LogP contribution in [0.25, 0.3) is 0 Å². The molecule has 0 bridgehead atoms. The van der Waals surface area contributed by atoms with Gasteiger partial charge in [-0.15, -0.1) is 0 Å². The second-order valence-electron chi connectivity index (χ2n) is 6.77. The van der Waals surface area contributed by atoms with Gasteiger partial charge in [-0.2, -0.15) is 5.10 Å². The molecule has 0 radical (unpaired) electrons. The first-order chi connectivity index (χ1) is 12.2. The molecule has 25 heavy (non-hydrogen) atoms. The highest BCUT2D eigenvalue weighted by Crippen LogP contribution is 2.37. The average molecular weight is 334 g/mol. The third kappa shape index (κ3) is 2.82. The fourth-order valence-electron chi connectivity index (χ4n) is 4.04. The zero-order valence-electron chi connectivity index (χ0n) is 14.6. The predicted octanol–water partition coefficient (Wildman–Crippen LogP) is 3.44. The van der Waals surface area contributed by atoms with Crippen molar-refractivity contribution in [2.45, 2.75) is 32.2 Å². The molecule has 4 nitrogen and oxygen atoms in total. The molecule has 2 atom stereocenters. The van der Waals surface area contributed by atoms with Gasteiger partial charge < -0.3 is 4.74 Å². The van der Waals surface area contributed by atoms with Crippen LogP contribution < -0.4 is 4.74 Å². The van der Waals surface area contributed by atoms with Gasteiger partial charge in [0.25, 0.3) is 0 Å². The van der Waals surface area contributed by atoms with Crippen molar-refractivity contribution in [1.82, 2.24) is 5.01 Å². The largest absolute Gasteiger partial charge is 0.497 e. The van der Waals surface area contributed by atoms with E-state index in [4.69, 9.17) is 9.84 Å². The van der Waals surface area contributed by atoms with E-state index in [0.717, 1.165) is 36.3 Å². The molecule has 0 aromatic heterocycles. The molecule has 1 amide bonds. The van der Waals surface area contributed by atoms with Crippen LogP contribution in [0.3, 0.4) is 0 Å². The van der Waals surface area contributed by atoms with Crippen LogP contribution in [0.5, 0.6) is 5.75 Å². The van der Waals surface area contributed by atoms with Crippen LogP contribution in [0.1, 0.15) is 30.0 Å². The first-order valence-electron chi connectivity index (χ1n) is 8.77. The highest BCUT2D eigenvalue weighted by Gasteiger charge is 2.42. The summed E-state index contributed by atoms with van der Waals surface area (Å²) < 4.78 is 5.39. The molecule has 2 aliphatic rings. The zero-order chi connectivity index (χ0) is 17.4. The highest BCUT2D eigenvalue weighted by molar-refractivity contribution is 6.07. The van der Waals surface area contributed by atoms with Gasteiger partial charge in [0.1, 0.15) is 5.75 Å². The minimum absolute atomic E-state index is 0.00674. The molecule has 0 saturated carbocycles. The van der Waals surface area contributed by atoms with Crippen LogP contribution in [0.15, 0.2) is 53.6 Å². The number of methoxy groups -OCH3 is 1. The Labute approximate surface area is 148 Å². The van der Waals surface area contributed by atoms with Crippen molar-refractivity contribution < 1.29 is 9.53 Å². The first-order valence-corrected chi connectivity index (χ1v) is 8.77. The third-order valence-corrected chi connectivity index (χ3v) is 5.27. The van der Waals surface area contributed by atoms with Crippen molar-refractivity contribution in [3.63, 3.8) is 0 Å².